The highest BCUT2D eigenvalue weighted by atomic mass is 79.9. The summed E-state index contributed by atoms with van der Waals surface area (Å²) in [5.41, 5.74) is 0.827. The molecule has 0 heterocycles. The molecule has 0 unspecified atom stereocenters. The second-order valence-electron chi connectivity index (χ2n) is 3.73. The van der Waals surface area contributed by atoms with Gasteiger partial charge in [-0.05, 0) is 44.8 Å². The highest BCUT2D eigenvalue weighted by molar-refractivity contribution is 9.11. The van der Waals surface area contributed by atoms with Crippen molar-refractivity contribution in [1.82, 2.24) is 4.90 Å². The SMILES string of the molecule is CCN(C)C(=O)CNc1cc(OC)c(Br)cc1Br. The van der Waals surface area contributed by atoms with E-state index in [1.807, 2.05) is 19.1 Å². The number of anilines is 1. The fourth-order valence-corrected chi connectivity index (χ4v) is 2.60. The van der Waals surface area contributed by atoms with E-state index in [0.29, 0.717) is 6.54 Å². The van der Waals surface area contributed by atoms with E-state index in [4.69, 9.17) is 4.74 Å². The number of hydrogen-bond acceptors (Lipinski definition) is 3. The van der Waals surface area contributed by atoms with Crippen LogP contribution in [0.2, 0.25) is 0 Å². The molecule has 0 spiro atoms. The minimum Gasteiger partial charge on any atom is -0.495 e. The van der Waals surface area contributed by atoms with Crippen LogP contribution < -0.4 is 10.1 Å². The predicted molar refractivity (Wildman–Crippen MR) is 80.2 cm³/mol. The van der Waals surface area contributed by atoms with E-state index in [1.54, 1.807) is 19.1 Å². The summed E-state index contributed by atoms with van der Waals surface area (Å²) in [5.74, 6) is 0.767. The fourth-order valence-electron chi connectivity index (χ4n) is 1.30. The first-order valence-electron chi connectivity index (χ1n) is 5.50. The van der Waals surface area contributed by atoms with Crippen molar-refractivity contribution in [3.63, 3.8) is 0 Å². The largest absolute Gasteiger partial charge is 0.495 e. The van der Waals surface area contributed by atoms with Crippen LogP contribution in [0.25, 0.3) is 0 Å². The molecule has 0 atom stereocenters. The van der Waals surface area contributed by atoms with E-state index in [0.717, 1.165) is 20.4 Å². The number of nitrogens with zero attached hydrogens (tertiary/aromatic N) is 1. The van der Waals surface area contributed by atoms with Crippen LogP contribution in [0.3, 0.4) is 0 Å². The Morgan fingerprint density at radius 3 is 2.61 bits per heavy atom. The van der Waals surface area contributed by atoms with Crippen LogP contribution in [-0.2, 0) is 4.79 Å². The number of benzene rings is 1. The van der Waals surface area contributed by atoms with Gasteiger partial charge in [0.15, 0.2) is 0 Å². The molecule has 18 heavy (non-hydrogen) atoms. The number of likely N-dealkylation sites (N-methyl/N-ethyl adjacent to an activating group) is 1. The molecule has 0 radical (unpaired) electrons. The molecule has 4 nitrogen and oxygen atoms in total. The summed E-state index contributed by atoms with van der Waals surface area (Å²) < 4.78 is 6.95. The van der Waals surface area contributed by atoms with Crippen LogP contribution in [0.5, 0.6) is 5.75 Å². The average molecular weight is 380 g/mol. The molecular formula is C12H16Br2N2O2. The molecule has 0 saturated heterocycles. The molecule has 0 fully saturated rings. The van der Waals surface area contributed by atoms with Gasteiger partial charge in [0.1, 0.15) is 5.75 Å². The highest BCUT2D eigenvalue weighted by Gasteiger charge is 2.10. The Hall–Kier alpha value is -0.750. The maximum absolute atomic E-state index is 11.7. The first-order valence-corrected chi connectivity index (χ1v) is 7.09. The Morgan fingerprint density at radius 1 is 1.39 bits per heavy atom. The molecule has 0 bridgehead atoms. The zero-order chi connectivity index (χ0) is 13.7. The first-order chi connectivity index (χ1) is 8.49. The highest BCUT2D eigenvalue weighted by Crippen LogP contribution is 2.34. The normalized spacial score (nSPS) is 10.1. The summed E-state index contributed by atoms with van der Waals surface area (Å²) in [4.78, 5) is 13.4. The summed E-state index contributed by atoms with van der Waals surface area (Å²) >= 11 is 6.84. The molecule has 1 amide bonds. The quantitative estimate of drug-likeness (QED) is 0.854. The molecule has 0 aliphatic carbocycles. The van der Waals surface area contributed by atoms with Gasteiger partial charge in [0.25, 0.3) is 0 Å². The van der Waals surface area contributed by atoms with Crippen LogP contribution in [0.1, 0.15) is 6.92 Å². The lowest BCUT2D eigenvalue weighted by Crippen LogP contribution is -2.31. The van der Waals surface area contributed by atoms with Crippen LogP contribution in [0.15, 0.2) is 21.1 Å². The summed E-state index contributed by atoms with van der Waals surface area (Å²) in [6.45, 7) is 2.90. The minimum absolute atomic E-state index is 0.0475. The second-order valence-corrected chi connectivity index (χ2v) is 5.44. The number of hydrogen-bond donors (Lipinski definition) is 1. The molecular weight excluding hydrogens is 364 g/mol. The van der Waals surface area contributed by atoms with Gasteiger partial charge in [-0.1, -0.05) is 0 Å². The average Bonchev–Trinajstić information content (AvgIpc) is 2.36. The molecule has 1 aromatic carbocycles. The number of halogens is 2. The maximum Gasteiger partial charge on any atom is 0.241 e. The smallest absolute Gasteiger partial charge is 0.241 e. The van der Waals surface area contributed by atoms with E-state index >= 15 is 0 Å². The molecule has 6 heteroatoms. The zero-order valence-corrected chi connectivity index (χ0v) is 13.8. The third-order valence-corrected chi connectivity index (χ3v) is 3.85. The molecule has 1 rings (SSSR count). The third kappa shape index (κ3) is 3.88. The number of methoxy groups -OCH3 is 1. The topological polar surface area (TPSA) is 41.6 Å². The molecule has 1 N–H and O–H groups in total. The van der Waals surface area contributed by atoms with Crippen molar-refractivity contribution in [3.05, 3.63) is 21.1 Å². The van der Waals surface area contributed by atoms with Gasteiger partial charge in [0.05, 0.1) is 23.8 Å². The Balaban J connectivity index is 2.76. The maximum atomic E-state index is 11.7. The molecule has 1 aromatic rings. The molecule has 0 aliphatic heterocycles. The Bertz CT molecular complexity index is 438. The van der Waals surface area contributed by atoms with Crippen LogP contribution in [0.4, 0.5) is 5.69 Å². The van der Waals surface area contributed by atoms with E-state index in [2.05, 4.69) is 37.2 Å². The molecule has 0 aromatic heterocycles. The third-order valence-electron chi connectivity index (χ3n) is 2.57. The molecule has 0 aliphatic rings. The van der Waals surface area contributed by atoms with Crippen molar-refractivity contribution >= 4 is 43.5 Å². The van der Waals surface area contributed by atoms with Gasteiger partial charge >= 0.3 is 0 Å². The lowest BCUT2D eigenvalue weighted by atomic mass is 10.3. The van der Waals surface area contributed by atoms with E-state index in [1.165, 1.54) is 0 Å². The van der Waals surface area contributed by atoms with Gasteiger partial charge in [0.2, 0.25) is 5.91 Å². The summed E-state index contributed by atoms with van der Waals surface area (Å²) in [6.07, 6.45) is 0. The van der Waals surface area contributed by atoms with E-state index in [-0.39, 0.29) is 12.5 Å². The van der Waals surface area contributed by atoms with Gasteiger partial charge in [-0.3, -0.25) is 4.79 Å². The summed E-state index contributed by atoms with van der Waals surface area (Å²) in [6, 6.07) is 3.72. The number of carbonyl (C=O) groups is 1. The van der Waals surface area contributed by atoms with Crippen molar-refractivity contribution in [1.29, 1.82) is 0 Å². The van der Waals surface area contributed by atoms with E-state index < -0.39 is 0 Å². The minimum atomic E-state index is 0.0475. The summed E-state index contributed by atoms with van der Waals surface area (Å²) in [5, 5.41) is 3.09. The van der Waals surface area contributed by atoms with Crippen LogP contribution in [0, 0.1) is 0 Å². The van der Waals surface area contributed by atoms with Crippen molar-refractivity contribution < 1.29 is 9.53 Å². The van der Waals surface area contributed by atoms with Crippen molar-refractivity contribution in [2.75, 3.05) is 32.6 Å². The van der Waals surface area contributed by atoms with Crippen LogP contribution in [-0.4, -0.2) is 38.1 Å². The monoisotopic (exact) mass is 378 g/mol. The van der Waals surface area contributed by atoms with Gasteiger partial charge < -0.3 is 15.0 Å². The molecule has 100 valence electrons. The van der Waals surface area contributed by atoms with Crippen molar-refractivity contribution in [2.45, 2.75) is 6.92 Å². The lowest BCUT2D eigenvalue weighted by molar-refractivity contribution is -0.127. The molecule has 0 saturated carbocycles. The Labute approximate surface area is 124 Å². The Kier molecular flexibility index (Phi) is 5.95. The van der Waals surface area contributed by atoms with Gasteiger partial charge in [-0.15, -0.1) is 0 Å². The number of amides is 1. The second kappa shape index (κ2) is 6.99. The number of ether oxygens (including phenoxy) is 1. The van der Waals surface area contributed by atoms with Gasteiger partial charge in [-0.25, -0.2) is 0 Å². The number of carbonyl (C=O) groups excluding carboxylic acids is 1. The fraction of sp³-hybridized carbons (Fsp3) is 0.417. The van der Waals surface area contributed by atoms with Crippen LogP contribution >= 0.6 is 31.9 Å². The van der Waals surface area contributed by atoms with Gasteiger partial charge in [-0.2, -0.15) is 0 Å². The number of rotatable bonds is 5. The van der Waals surface area contributed by atoms with Gasteiger partial charge in [0, 0.05) is 24.1 Å². The standard InChI is InChI=1S/C12H16Br2N2O2/c1-4-16(2)12(17)7-15-10-6-11(18-3)9(14)5-8(10)13/h5-6,15H,4,7H2,1-3H3. The predicted octanol–water partition coefficient (Wildman–Crippen LogP) is 3.11. The lowest BCUT2D eigenvalue weighted by Gasteiger charge is -2.16. The first kappa shape index (κ1) is 15.3. The summed E-state index contributed by atoms with van der Waals surface area (Å²) in [7, 11) is 3.38. The van der Waals surface area contributed by atoms with E-state index in [9.17, 15) is 4.79 Å². The van der Waals surface area contributed by atoms with Crippen molar-refractivity contribution in [3.8, 4) is 5.75 Å². The Morgan fingerprint density at radius 2 is 2.06 bits per heavy atom. The number of nitrogens with one attached hydrogen (secondary N) is 1. The van der Waals surface area contributed by atoms with Crippen molar-refractivity contribution in [2.24, 2.45) is 0 Å². The zero-order valence-electron chi connectivity index (χ0n) is 10.6.